The minimum Gasteiger partial charge on any atom is -0.461 e. The molecular weight excluding hydrogens is 377 g/mol. The van der Waals surface area contributed by atoms with Gasteiger partial charge in [-0.1, -0.05) is 12.1 Å². The number of anilines is 1. The molecule has 2 aromatic carbocycles. The summed E-state index contributed by atoms with van der Waals surface area (Å²) in [6.45, 7) is 1.87. The molecule has 1 amide bonds. The van der Waals surface area contributed by atoms with Crippen LogP contribution in [0.25, 0.3) is 16.9 Å². The third-order valence-electron chi connectivity index (χ3n) is 3.98. The minimum atomic E-state index is -0.556. The van der Waals surface area contributed by atoms with E-state index in [1.807, 2.05) is 6.07 Å². The van der Waals surface area contributed by atoms with Crippen molar-refractivity contribution in [1.29, 1.82) is 0 Å². The highest BCUT2D eigenvalue weighted by Gasteiger charge is 2.18. The van der Waals surface area contributed by atoms with Crippen LogP contribution < -0.4 is 5.32 Å². The van der Waals surface area contributed by atoms with Crippen molar-refractivity contribution in [2.24, 2.45) is 0 Å². The van der Waals surface area contributed by atoms with Crippen LogP contribution in [0.2, 0.25) is 0 Å². The van der Waals surface area contributed by atoms with Crippen LogP contribution in [0.4, 0.5) is 10.1 Å². The summed E-state index contributed by atoms with van der Waals surface area (Å²) in [5.41, 5.74) is 2.55. The first-order valence-corrected chi connectivity index (χ1v) is 8.94. The molecule has 0 saturated carbocycles. The summed E-state index contributed by atoms with van der Waals surface area (Å²) in [5.74, 6) is -1.22. The van der Waals surface area contributed by atoms with E-state index in [0.717, 1.165) is 0 Å². The molecule has 1 aromatic heterocycles. The third-order valence-corrected chi connectivity index (χ3v) is 3.98. The summed E-state index contributed by atoms with van der Waals surface area (Å²) in [4.78, 5) is 24.0. The Bertz CT molecular complexity index is 1020. The predicted octanol–water partition coefficient (Wildman–Crippen LogP) is 3.44. The number of methoxy groups -OCH3 is 1. The van der Waals surface area contributed by atoms with Crippen LogP contribution in [0.3, 0.4) is 0 Å². The number of hydrogen-bond acceptors (Lipinski definition) is 5. The molecule has 0 bridgehead atoms. The van der Waals surface area contributed by atoms with Crippen LogP contribution in [0.15, 0.2) is 54.6 Å². The lowest BCUT2D eigenvalue weighted by molar-refractivity contribution is -0.119. The van der Waals surface area contributed by atoms with Gasteiger partial charge in [-0.2, -0.15) is 5.10 Å². The van der Waals surface area contributed by atoms with Crippen LogP contribution in [0.5, 0.6) is 0 Å². The van der Waals surface area contributed by atoms with E-state index in [1.54, 1.807) is 43.3 Å². The SMILES string of the molecule is CCOC(=O)c1cc(-c2cccc(NC(=O)COC)c2)n(-c2ccc(F)cc2)n1. The highest BCUT2D eigenvalue weighted by Crippen LogP contribution is 2.27. The van der Waals surface area contributed by atoms with Crippen molar-refractivity contribution in [3.63, 3.8) is 0 Å². The topological polar surface area (TPSA) is 82.5 Å². The third kappa shape index (κ3) is 4.85. The Hall–Kier alpha value is -3.52. The smallest absolute Gasteiger partial charge is 0.358 e. The molecule has 0 unspecified atom stereocenters. The maximum absolute atomic E-state index is 13.3. The Morgan fingerprint density at radius 1 is 1.14 bits per heavy atom. The van der Waals surface area contributed by atoms with Gasteiger partial charge in [0.1, 0.15) is 12.4 Å². The van der Waals surface area contributed by atoms with Crippen LogP contribution in [-0.4, -0.2) is 42.0 Å². The number of carbonyl (C=O) groups excluding carboxylic acids is 2. The molecule has 0 saturated heterocycles. The highest BCUT2D eigenvalue weighted by molar-refractivity contribution is 5.93. The molecule has 3 aromatic rings. The summed E-state index contributed by atoms with van der Waals surface area (Å²) in [7, 11) is 1.44. The normalized spacial score (nSPS) is 10.6. The van der Waals surface area contributed by atoms with Gasteiger partial charge in [0.2, 0.25) is 5.91 Å². The standard InChI is InChI=1S/C21H20FN3O4/c1-3-29-21(27)18-12-19(25(24-18)17-9-7-15(22)8-10-17)14-5-4-6-16(11-14)23-20(26)13-28-2/h4-12H,3,13H2,1-2H3,(H,23,26). The quantitative estimate of drug-likeness (QED) is 0.618. The summed E-state index contributed by atoms with van der Waals surface area (Å²) >= 11 is 0. The molecule has 0 atom stereocenters. The van der Waals surface area contributed by atoms with Crippen LogP contribution >= 0.6 is 0 Å². The average molecular weight is 397 g/mol. The number of aromatic nitrogens is 2. The first-order chi connectivity index (χ1) is 14.0. The first kappa shape index (κ1) is 20.2. The number of nitrogens with one attached hydrogen (secondary N) is 1. The Labute approximate surface area is 167 Å². The lowest BCUT2D eigenvalue weighted by Gasteiger charge is -2.10. The first-order valence-electron chi connectivity index (χ1n) is 8.94. The van der Waals surface area contributed by atoms with Crippen LogP contribution in [-0.2, 0) is 14.3 Å². The lowest BCUT2D eigenvalue weighted by Crippen LogP contribution is -2.17. The molecular formula is C21H20FN3O4. The Morgan fingerprint density at radius 2 is 1.90 bits per heavy atom. The van der Waals surface area contributed by atoms with Gasteiger partial charge < -0.3 is 14.8 Å². The number of carbonyl (C=O) groups is 2. The molecule has 0 spiro atoms. The molecule has 3 rings (SSSR count). The van der Waals surface area contributed by atoms with E-state index in [1.165, 1.54) is 23.9 Å². The van der Waals surface area contributed by atoms with Crippen molar-refractivity contribution >= 4 is 17.6 Å². The fraction of sp³-hybridized carbons (Fsp3) is 0.190. The van der Waals surface area contributed by atoms with Crippen LogP contribution in [0, 0.1) is 5.82 Å². The Morgan fingerprint density at radius 3 is 2.59 bits per heavy atom. The summed E-state index contributed by atoms with van der Waals surface area (Å²) in [6, 6.07) is 14.4. The number of esters is 1. The average Bonchev–Trinajstić information content (AvgIpc) is 3.15. The molecule has 8 heteroatoms. The molecule has 29 heavy (non-hydrogen) atoms. The molecule has 0 radical (unpaired) electrons. The lowest BCUT2D eigenvalue weighted by atomic mass is 10.1. The zero-order valence-electron chi connectivity index (χ0n) is 16.0. The summed E-state index contributed by atoms with van der Waals surface area (Å²) < 4.78 is 24.7. The Balaban J connectivity index is 2.04. The fourth-order valence-corrected chi connectivity index (χ4v) is 2.76. The maximum atomic E-state index is 13.3. The number of halogens is 1. The van der Waals surface area contributed by atoms with E-state index < -0.39 is 5.97 Å². The number of nitrogens with zero attached hydrogens (tertiary/aromatic N) is 2. The van der Waals surface area contributed by atoms with E-state index in [2.05, 4.69) is 10.4 Å². The van der Waals surface area contributed by atoms with E-state index in [4.69, 9.17) is 9.47 Å². The van der Waals surface area contributed by atoms with Crippen molar-refractivity contribution in [2.75, 3.05) is 25.6 Å². The summed E-state index contributed by atoms with van der Waals surface area (Å²) in [6.07, 6.45) is 0. The van der Waals surface area contributed by atoms with Gasteiger partial charge in [0.15, 0.2) is 5.69 Å². The van der Waals surface area contributed by atoms with Crippen molar-refractivity contribution in [3.05, 3.63) is 66.1 Å². The van der Waals surface area contributed by atoms with Gasteiger partial charge in [0, 0.05) is 18.4 Å². The molecule has 0 aliphatic carbocycles. The highest BCUT2D eigenvalue weighted by atomic mass is 19.1. The van der Waals surface area contributed by atoms with Gasteiger partial charge in [-0.15, -0.1) is 0 Å². The van der Waals surface area contributed by atoms with Crippen LogP contribution in [0.1, 0.15) is 17.4 Å². The van der Waals surface area contributed by atoms with Gasteiger partial charge in [0.05, 0.1) is 18.0 Å². The number of ether oxygens (including phenoxy) is 2. The molecule has 1 heterocycles. The molecule has 0 fully saturated rings. The maximum Gasteiger partial charge on any atom is 0.358 e. The van der Waals surface area contributed by atoms with Gasteiger partial charge in [0.25, 0.3) is 0 Å². The molecule has 0 aliphatic rings. The monoisotopic (exact) mass is 397 g/mol. The number of rotatable bonds is 7. The van der Waals surface area contributed by atoms with Crippen molar-refractivity contribution in [1.82, 2.24) is 9.78 Å². The number of hydrogen-bond donors (Lipinski definition) is 1. The molecule has 7 nitrogen and oxygen atoms in total. The second-order valence-corrected chi connectivity index (χ2v) is 6.09. The van der Waals surface area contributed by atoms with E-state index >= 15 is 0 Å². The van der Waals surface area contributed by atoms with Gasteiger partial charge in [-0.05, 0) is 49.4 Å². The Kier molecular flexibility index (Phi) is 6.36. The molecule has 1 N–H and O–H groups in total. The predicted molar refractivity (Wildman–Crippen MR) is 105 cm³/mol. The zero-order valence-corrected chi connectivity index (χ0v) is 16.0. The van der Waals surface area contributed by atoms with Gasteiger partial charge in [-0.25, -0.2) is 13.9 Å². The van der Waals surface area contributed by atoms with Gasteiger partial charge >= 0.3 is 5.97 Å². The van der Waals surface area contributed by atoms with Crippen molar-refractivity contribution < 1.29 is 23.5 Å². The number of amides is 1. The fourth-order valence-electron chi connectivity index (χ4n) is 2.76. The second kappa shape index (κ2) is 9.11. The molecule has 150 valence electrons. The van der Waals surface area contributed by atoms with Gasteiger partial charge in [-0.3, -0.25) is 4.79 Å². The van der Waals surface area contributed by atoms with E-state index in [9.17, 15) is 14.0 Å². The van der Waals surface area contributed by atoms with Crippen molar-refractivity contribution in [2.45, 2.75) is 6.92 Å². The zero-order chi connectivity index (χ0) is 20.8. The number of benzene rings is 2. The summed E-state index contributed by atoms with van der Waals surface area (Å²) in [5, 5.41) is 7.07. The van der Waals surface area contributed by atoms with E-state index in [-0.39, 0.29) is 30.6 Å². The second-order valence-electron chi connectivity index (χ2n) is 6.09. The largest absolute Gasteiger partial charge is 0.461 e. The minimum absolute atomic E-state index is 0.0647. The van der Waals surface area contributed by atoms with Crippen molar-refractivity contribution in [3.8, 4) is 16.9 Å². The molecule has 0 aliphatic heterocycles. The van der Waals surface area contributed by atoms with E-state index in [0.29, 0.717) is 22.6 Å².